The third-order valence-electron chi connectivity index (χ3n) is 4.26. The molecule has 1 unspecified atom stereocenters. The Kier molecular flexibility index (Phi) is 3.45. The summed E-state index contributed by atoms with van der Waals surface area (Å²) in [4.78, 5) is 12.2. The zero-order chi connectivity index (χ0) is 17.6. The SMILES string of the molecule is CC(=O)N1N=C(c2cc(F)ccc2F)OC12CCOc1ccccc12. The van der Waals surface area contributed by atoms with Gasteiger partial charge >= 0.3 is 0 Å². The predicted molar refractivity (Wildman–Crippen MR) is 84.7 cm³/mol. The number of benzene rings is 2. The summed E-state index contributed by atoms with van der Waals surface area (Å²) >= 11 is 0. The molecule has 128 valence electrons. The van der Waals surface area contributed by atoms with Gasteiger partial charge in [-0.2, -0.15) is 5.01 Å². The van der Waals surface area contributed by atoms with E-state index in [4.69, 9.17) is 9.47 Å². The molecule has 1 spiro atoms. The highest BCUT2D eigenvalue weighted by molar-refractivity contribution is 5.97. The number of carbonyl (C=O) groups excluding carboxylic acids is 1. The summed E-state index contributed by atoms with van der Waals surface area (Å²) in [6.45, 7) is 1.65. The topological polar surface area (TPSA) is 51.1 Å². The molecule has 0 N–H and O–H groups in total. The van der Waals surface area contributed by atoms with Crippen LogP contribution in [-0.4, -0.2) is 23.4 Å². The number of hydrogen-bond acceptors (Lipinski definition) is 4. The fraction of sp³-hybridized carbons (Fsp3) is 0.222. The van der Waals surface area contributed by atoms with Crippen LogP contribution in [0.2, 0.25) is 0 Å². The molecular weight excluding hydrogens is 330 g/mol. The van der Waals surface area contributed by atoms with Crippen molar-refractivity contribution >= 4 is 11.8 Å². The van der Waals surface area contributed by atoms with Crippen molar-refractivity contribution in [1.82, 2.24) is 5.01 Å². The van der Waals surface area contributed by atoms with E-state index >= 15 is 0 Å². The van der Waals surface area contributed by atoms with Gasteiger partial charge in [0.25, 0.3) is 0 Å². The Labute approximate surface area is 142 Å². The second kappa shape index (κ2) is 5.54. The van der Waals surface area contributed by atoms with E-state index in [0.29, 0.717) is 24.3 Å². The Morgan fingerprint density at radius 3 is 2.84 bits per heavy atom. The van der Waals surface area contributed by atoms with Crippen molar-refractivity contribution in [1.29, 1.82) is 0 Å². The molecule has 2 aromatic rings. The molecule has 2 aliphatic heterocycles. The van der Waals surface area contributed by atoms with Gasteiger partial charge in [0.2, 0.25) is 17.5 Å². The van der Waals surface area contributed by atoms with Gasteiger partial charge in [-0.3, -0.25) is 4.79 Å². The average Bonchev–Trinajstić information content (AvgIpc) is 2.98. The highest BCUT2D eigenvalue weighted by Gasteiger charge is 2.52. The molecule has 25 heavy (non-hydrogen) atoms. The molecule has 0 bridgehead atoms. The van der Waals surface area contributed by atoms with E-state index < -0.39 is 17.4 Å². The third kappa shape index (κ3) is 2.34. The number of halogens is 2. The Balaban J connectivity index is 1.85. The van der Waals surface area contributed by atoms with Crippen molar-refractivity contribution in [3.05, 3.63) is 65.2 Å². The van der Waals surface area contributed by atoms with Crippen LogP contribution in [0.1, 0.15) is 24.5 Å². The highest BCUT2D eigenvalue weighted by Crippen LogP contribution is 2.46. The largest absolute Gasteiger partial charge is 0.493 e. The zero-order valence-electron chi connectivity index (χ0n) is 13.3. The van der Waals surface area contributed by atoms with Crippen molar-refractivity contribution in [2.24, 2.45) is 5.10 Å². The first-order valence-electron chi connectivity index (χ1n) is 7.77. The van der Waals surface area contributed by atoms with Crippen molar-refractivity contribution in [2.45, 2.75) is 19.1 Å². The van der Waals surface area contributed by atoms with Crippen LogP contribution in [0.4, 0.5) is 8.78 Å². The normalized spacial score (nSPS) is 21.4. The number of amides is 1. The minimum Gasteiger partial charge on any atom is -0.493 e. The van der Waals surface area contributed by atoms with Crippen LogP contribution < -0.4 is 4.74 Å². The molecule has 0 aromatic heterocycles. The van der Waals surface area contributed by atoms with Gasteiger partial charge in [-0.05, 0) is 30.3 Å². The Bertz CT molecular complexity index is 900. The average molecular weight is 344 g/mol. The van der Waals surface area contributed by atoms with E-state index in [1.54, 1.807) is 24.3 Å². The number of rotatable bonds is 1. The van der Waals surface area contributed by atoms with E-state index in [9.17, 15) is 13.6 Å². The monoisotopic (exact) mass is 344 g/mol. The number of hydrogen-bond donors (Lipinski definition) is 0. The molecule has 5 nitrogen and oxygen atoms in total. The van der Waals surface area contributed by atoms with Gasteiger partial charge in [-0.25, -0.2) is 8.78 Å². The van der Waals surface area contributed by atoms with Crippen LogP contribution in [0.15, 0.2) is 47.6 Å². The highest BCUT2D eigenvalue weighted by atomic mass is 19.1. The maximum atomic E-state index is 14.1. The molecule has 0 fully saturated rings. The van der Waals surface area contributed by atoms with Gasteiger partial charge in [0.05, 0.1) is 17.7 Å². The number of fused-ring (bicyclic) bond motifs is 2. The second-order valence-electron chi connectivity index (χ2n) is 5.84. The van der Waals surface area contributed by atoms with Crippen molar-refractivity contribution in [3.8, 4) is 5.75 Å². The summed E-state index contributed by atoms with van der Waals surface area (Å²) in [6.07, 6.45) is 0.313. The van der Waals surface area contributed by atoms with Crippen molar-refractivity contribution in [3.63, 3.8) is 0 Å². The molecule has 2 heterocycles. The molecule has 2 aliphatic rings. The molecule has 1 atom stereocenters. The molecule has 0 saturated carbocycles. The standard InChI is InChI=1S/C18H14F2N2O3/c1-11(23)22-18(8-9-24-16-5-3-2-4-14(16)18)25-17(21-22)13-10-12(19)6-7-15(13)20/h2-7,10H,8-9H2,1H3. The van der Waals surface area contributed by atoms with Crippen LogP contribution in [-0.2, 0) is 15.3 Å². The molecule has 0 saturated heterocycles. The lowest BCUT2D eigenvalue weighted by atomic mass is 9.95. The lowest BCUT2D eigenvalue weighted by Gasteiger charge is -2.38. The van der Waals surface area contributed by atoms with Crippen LogP contribution in [0.3, 0.4) is 0 Å². The van der Waals surface area contributed by atoms with Gasteiger partial charge in [0.1, 0.15) is 17.4 Å². The molecule has 4 rings (SSSR count). The van der Waals surface area contributed by atoms with E-state index in [0.717, 1.165) is 18.2 Å². The summed E-state index contributed by atoms with van der Waals surface area (Å²) in [5.74, 6) is -1.24. The van der Waals surface area contributed by atoms with E-state index in [1.807, 2.05) is 0 Å². The Morgan fingerprint density at radius 1 is 1.24 bits per heavy atom. The number of ether oxygens (including phenoxy) is 2. The summed E-state index contributed by atoms with van der Waals surface area (Å²) in [7, 11) is 0. The lowest BCUT2D eigenvalue weighted by Crippen LogP contribution is -2.47. The van der Waals surface area contributed by atoms with Gasteiger partial charge in [-0.1, -0.05) is 12.1 Å². The predicted octanol–water partition coefficient (Wildman–Crippen LogP) is 3.14. The summed E-state index contributed by atoms with van der Waals surface area (Å²) in [5, 5.41) is 5.33. The summed E-state index contributed by atoms with van der Waals surface area (Å²) in [6, 6.07) is 10.1. The van der Waals surface area contributed by atoms with Crippen LogP contribution >= 0.6 is 0 Å². The molecule has 7 heteroatoms. The van der Waals surface area contributed by atoms with E-state index in [1.165, 1.54) is 11.9 Å². The number of nitrogens with zero attached hydrogens (tertiary/aromatic N) is 2. The van der Waals surface area contributed by atoms with Gasteiger partial charge in [-0.15, -0.1) is 5.10 Å². The quantitative estimate of drug-likeness (QED) is 0.799. The fourth-order valence-electron chi connectivity index (χ4n) is 3.17. The third-order valence-corrected chi connectivity index (χ3v) is 4.26. The van der Waals surface area contributed by atoms with Crippen molar-refractivity contribution < 1.29 is 23.0 Å². The maximum Gasteiger partial charge on any atom is 0.244 e. The number of carbonyl (C=O) groups is 1. The minimum atomic E-state index is -1.23. The minimum absolute atomic E-state index is 0.132. The first-order valence-corrected chi connectivity index (χ1v) is 7.77. The number of para-hydroxylation sites is 1. The first-order chi connectivity index (χ1) is 12.0. The smallest absolute Gasteiger partial charge is 0.244 e. The van der Waals surface area contributed by atoms with Crippen LogP contribution in [0.25, 0.3) is 0 Å². The fourth-order valence-corrected chi connectivity index (χ4v) is 3.17. The van der Waals surface area contributed by atoms with Crippen molar-refractivity contribution in [2.75, 3.05) is 6.61 Å². The Hall–Kier alpha value is -2.96. The summed E-state index contributed by atoms with van der Waals surface area (Å²) in [5.41, 5.74) is -0.742. The maximum absolute atomic E-state index is 14.1. The zero-order valence-corrected chi connectivity index (χ0v) is 13.3. The van der Waals surface area contributed by atoms with Crippen LogP contribution in [0, 0.1) is 11.6 Å². The molecule has 2 aromatic carbocycles. The molecule has 0 aliphatic carbocycles. The molecule has 0 radical (unpaired) electrons. The van der Waals surface area contributed by atoms with E-state index in [-0.39, 0.29) is 17.4 Å². The van der Waals surface area contributed by atoms with Gasteiger partial charge < -0.3 is 9.47 Å². The van der Waals surface area contributed by atoms with Gasteiger partial charge in [0.15, 0.2) is 0 Å². The first kappa shape index (κ1) is 15.6. The molecule has 1 amide bonds. The number of hydrazone groups is 1. The van der Waals surface area contributed by atoms with Crippen LogP contribution in [0.5, 0.6) is 5.75 Å². The second-order valence-corrected chi connectivity index (χ2v) is 5.84. The molecular formula is C18H14F2N2O3. The lowest BCUT2D eigenvalue weighted by molar-refractivity contribution is -0.153. The summed E-state index contributed by atoms with van der Waals surface area (Å²) < 4.78 is 39.3. The van der Waals surface area contributed by atoms with Gasteiger partial charge in [0, 0.05) is 13.3 Å². The Morgan fingerprint density at radius 2 is 2.04 bits per heavy atom. The van der Waals surface area contributed by atoms with E-state index in [2.05, 4.69) is 5.10 Å².